The van der Waals surface area contributed by atoms with Crippen molar-refractivity contribution < 1.29 is 9.53 Å². The van der Waals surface area contributed by atoms with E-state index in [0.29, 0.717) is 30.5 Å². The van der Waals surface area contributed by atoms with Crippen molar-refractivity contribution in [2.75, 3.05) is 26.7 Å². The highest BCUT2D eigenvalue weighted by Gasteiger charge is 2.16. The molecule has 0 aliphatic heterocycles. The number of carbonyl (C=O) groups is 1. The molecule has 1 fully saturated rings. The summed E-state index contributed by atoms with van der Waals surface area (Å²) in [5.74, 6) is 1.77. The Labute approximate surface area is 131 Å². The first-order chi connectivity index (χ1) is 10.7. The van der Waals surface area contributed by atoms with Crippen molar-refractivity contribution in [3.63, 3.8) is 0 Å². The molecule has 0 saturated heterocycles. The lowest BCUT2D eigenvalue weighted by molar-refractivity contribution is 0.0954. The van der Waals surface area contributed by atoms with Gasteiger partial charge in [-0.05, 0) is 43.0 Å². The van der Waals surface area contributed by atoms with Gasteiger partial charge in [0.2, 0.25) is 0 Å². The van der Waals surface area contributed by atoms with Crippen LogP contribution in [0, 0.1) is 5.92 Å². The fraction of sp³-hybridized carbons (Fsp3) is 0.500. The van der Waals surface area contributed by atoms with Crippen LogP contribution in [0.25, 0.3) is 0 Å². The van der Waals surface area contributed by atoms with Crippen LogP contribution in [0.4, 0.5) is 0 Å². The summed E-state index contributed by atoms with van der Waals surface area (Å²) in [6, 6.07) is 6.99. The minimum atomic E-state index is -0.116. The lowest BCUT2D eigenvalue weighted by Gasteiger charge is -2.23. The van der Waals surface area contributed by atoms with Crippen LogP contribution in [-0.4, -0.2) is 38.6 Å². The van der Waals surface area contributed by atoms with Gasteiger partial charge < -0.3 is 21.1 Å². The van der Waals surface area contributed by atoms with Crippen molar-refractivity contribution in [3.8, 4) is 5.75 Å². The van der Waals surface area contributed by atoms with E-state index in [2.05, 4.69) is 15.6 Å². The predicted octanol–water partition coefficient (Wildman–Crippen LogP) is 1.13. The van der Waals surface area contributed by atoms with Gasteiger partial charge in [0.15, 0.2) is 5.96 Å². The largest absolute Gasteiger partial charge is 0.497 e. The Morgan fingerprint density at radius 1 is 1.27 bits per heavy atom. The molecule has 0 atom stereocenters. The molecule has 1 aliphatic carbocycles. The molecule has 1 amide bonds. The number of carbonyl (C=O) groups excluding carboxylic acids is 1. The first-order valence-electron chi connectivity index (χ1n) is 7.65. The zero-order chi connectivity index (χ0) is 15.8. The van der Waals surface area contributed by atoms with E-state index in [1.807, 2.05) is 0 Å². The standard InChI is InChI=1S/C16H24N4O2/c1-22-14-7-5-13(6-8-14)15(21)18-9-10-19-16(17)20-11-12-3-2-4-12/h5-8,12H,2-4,9-11H2,1H3,(H,18,21)(H3,17,19,20). The Bertz CT molecular complexity index is 509. The van der Waals surface area contributed by atoms with Gasteiger partial charge in [0.1, 0.15) is 5.75 Å². The molecular weight excluding hydrogens is 280 g/mol. The molecule has 0 unspecified atom stereocenters. The van der Waals surface area contributed by atoms with Gasteiger partial charge in [-0.25, -0.2) is 0 Å². The van der Waals surface area contributed by atoms with Crippen LogP contribution in [0.3, 0.4) is 0 Å². The molecule has 0 spiro atoms. The van der Waals surface area contributed by atoms with Crippen molar-refractivity contribution in [1.29, 1.82) is 0 Å². The maximum absolute atomic E-state index is 11.9. The van der Waals surface area contributed by atoms with Crippen LogP contribution in [0.2, 0.25) is 0 Å². The van der Waals surface area contributed by atoms with Gasteiger partial charge in [-0.15, -0.1) is 0 Å². The highest BCUT2D eigenvalue weighted by molar-refractivity contribution is 5.94. The summed E-state index contributed by atoms with van der Waals surface area (Å²) in [4.78, 5) is 16.2. The molecule has 1 aliphatic rings. The number of hydrogen-bond acceptors (Lipinski definition) is 3. The number of amides is 1. The summed E-state index contributed by atoms with van der Waals surface area (Å²) in [6.07, 6.45) is 3.83. The third kappa shape index (κ3) is 4.95. The highest BCUT2D eigenvalue weighted by Crippen LogP contribution is 2.26. The van der Waals surface area contributed by atoms with Crippen molar-refractivity contribution >= 4 is 11.9 Å². The maximum atomic E-state index is 11.9. The van der Waals surface area contributed by atoms with E-state index < -0.39 is 0 Å². The Balaban J connectivity index is 1.63. The van der Waals surface area contributed by atoms with Gasteiger partial charge >= 0.3 is 0 Å². The summed E-state index contributed by atoms with van der Waals surface area (Å²) in [7, 11) is 1.59. The normalized spacial score (nSPS) is 15.0. The van der Waals surface area contributed by atoms with Gasteiger partial charge in [-0.3, -0.25) is 9.79 Å². The lowest BCUT2D eigenvalue weighted by Crippen LogP contribution is -2.38. The Morgan fingerprint density at radius 2 is 1.95 bits per heavy atom. The van der Waals surface area contributed by atoms with Crippen LogP contribution < -0.4 is 21.1 Å². The number of nitrogens with zero attached hydrogens (tertiary/aromatic N) is 1. The number of benzene rings is 1. The number of rotatable bonds is 7. The van der Waals surface area contributed by atoms with E-state index >= 15 is 0 Å². The third-order valence-electron chi connectivity index (χ3n) is 3.81. The zero-order valence-electron chi connectivity index (χ0n) is 13.0. The number of guanidine groups is 1. The molecule has 22 heavy (non-hydrogen) atoms. The molecule has 1 aromatic rings. The Hall–Kier alpha value is -2.24. The summed E-state index contributed by atoms with van der Waals surface area (Å²) >= 11 is 0. The second-order valence-corrected chi connectivity index (χ2v) is 5.43. The molecule has 1 saturated carbocycles. The first kappa shape index (κ1) is 16.1. The molecule has 0 bridgehead atoms. The molecule has 6 heteroatoms. The third-order valence-corrected chi connectivity index (χ3v) is 3.81. The van der Waals surface area contributed by atoms with Crippen molar-refractivity contribution in [2.24, 2.45) is 16.6 Å². The Kier molecular flexibility index (Phi) is 6.06. The van der Waals surface area contributed by atoms with E-state index in [1.165, 1.54) is 19.3 Å². The van der Waals surface area contributed by atoms with E-state index in [4.69, 9.17) is 10.5 Å². The topological polar surface area (TPSA) is 88.7 Å². The summed E-state index contributed by atoms with van der Waals surface area (Å²) < 4.78 is 5.06. The molecule has 0 radical (unpaired) electrons. The fourth-order valence-corrected chi connectivity index (χ4v) is 2.17. The van der Waals surface area contributed by atoms with E-state index in [0.717, 1.165) is 12.3 Å². The minimum absolute atomic E-state index is 0.116. The average Bonchev–Trinajstić information content (AvgIpc) is 2.50. The predicted molar refractivity (Wildman–Crippen MR) is 87.2 cm³/mol. The molecular formula is C16H24N4O2. The monoisotopic (exact) mass is 304 g/mol. The number of methoxy groups -OCH3 is 1. The smallest absolute Gasteiger partial charge is 0.251 e. The number of nitrogens with two attached hydrogens (primary N) is 1. The molecule has 0 aromatic heterocycles. The second-order valence-electron chi connectivity index (χ2n) is 5.43. The van der Waals surface area contributed by atoms with E-state index in [9.17, 15) is 4.79 Å². The highest BCUT2D eigenvalue weighted by atomic mass is 16.5. The maximum Gasteiger partial charge on any atom is 0.251 e. The average molecular weight is 304 g/mol. The Morgan fingerprint density at radius 3 is 2.55 bits per heavy atom. The van der Waals surface area contributed by atoms with Crippen LogP contribution in [0.1, 0.15) is 29.6 Å². The van der Waals surface area contributed by atoms with Crippen molar-refractivity contribution in [3.05, 3.63) is 29.8 Å². The summed E-state index contributed by atoms with van der Waals surface area (Å²) in [6.45, 7) is 1.85. The van der Waals surface area contributed by atoms with Crippen molar-refractivity contribution in [2.45, 2.75) is 19.3 Å². The van der Waals surface area contributed by atoms with Crippen LogP contribution in [0.15, 0.2) is 29.3 Å². The summed E-state index contributed by atoms with van der Waals surface area (Å²) in [5.41, 5.74) is 6.38. The first-order valence-corrected chi connectivity index (χ1v) is 7.65. The SMILES string of the molecule is COc1ccc(C(=O)NCCNC(N)=NCC2CCC2)cc1. The molecule has 120 valence electrons. The molecule has 1 aromatic carbocycles. The van der Waals surface area contributed by atoms with E-state index in [-0.39, 0.29) is 5.91 Å². The zero-order valence-corrected chi connectivity index (χ0v) is 13.0. The molecule has 0 heterocycles. The van der Waals surface area contributed by atoms with E-state index in [1.54, 1.807) is 31.4 Å². The number of aliphatic imine (C=N–C) groups is 1. The number of nitrogens with one attached hydrogen (secondary N) is 2. The van der Waals surface area contributed by atoms with Gasteiger partial charge in [0.05, 0.1) is 7.11 Å². The quantitative estimate of drug-likeness (QED) is 0.400. The minimum Gasteiger partial charge on any atom is -0.497 e. The molecule has 2 rings (SSSR count). The van der Waals surface area contributed by atoms with Crippen molar-refractivity contribution in [1.82, 2.24) is 10.6 Å². The number of ether oxygens (including phenoxy) is 1. The second kappa shape index (κ2) is 8.26. The summed E-state index contributed by atoms with van der Waals surface area (Å²) in [5, 5.41) is 5.83. The van der Waals surface area contributed by atoms with Gasteiger partial charge in [-0.1, -0.05) is 6.42 Å². The van der Waals surface area contributed by atoms with Crippen LogP contribution in [-0.2, 0) is 0 Å². The molecule has 4 N–H and O–H groups in total. The fourth-order valence-electron chi connectivity index (χ4n) is 2.17. The van der Waals surface area contributed by atoms with Crippen LogP contribution in [0.5, 0.6) is 5.75 Å². The molecule has 6 nitrogen and oxygen atoms in total. The van der Waals surface area contributed by atoms with Crippen LogP contribution >= 0.6 is 0 Å². The van der Waals surface area contributed by atoms with Gasteiger partial charge in [-0.2, -0.15) is 0 Å². The van der Waals surface area contributed by atoms with Gasteiger partial charge in [0.25, 0.3) is 5.91 Å². The van der Waals surface area contributed by atoms with Gasteiger partial charge in [0, 0.05) is 25.2 Å². The number of hydrogen-bond donors (Lipinski definition) is 3. The lowest BCUT2D eigenvalue weighted by atomic mass is 9.86.